The Morgan fingerprint density at radius 3 is 2.70 bits per heavy atom. The first-order valence-electron chi connectivity index (χ1n) is 6.30. The lowest BCUT2D eigenvalue weighted by atomic mass is 10.1. The lowest BCUT2D eigenvalue weighted by molar-refractivity contribution is 1.30. The molecule has 20 heavy (non-hydrogen) atoms. The molecule has 0 atom stereocenters. The van der Waals surface area contributed by atoms with Crippen molar-refractivity contribution in [1.82, 2.24) is 15.0 Å². The van der Waals surface area contributed by atoms with Crippen molar-refractivity contribution in [1.29, 1.82) is 0 Å². The fourth-order valence-electron chi connectivity index (χ4n) is 2.34. The average molecular weight is 324 g/mol. The van der Waals surface area contributed by atoms with Crippen LogP contribution >= 0.6 is 15.9 Å². The van der Waals surface area contributed by atoms with Crippen LogP contribution in [0.3, 0.4) is 0 Å². The molecule has 0 radical (unpaired) electrons. The third-order valence-electron chi connectivity index (χ3n) is 3.33. The number of benzene rings is 2. The van der Waals surface area contributed by atoms with Gasteiger partial charge in [-0.25, -0.2) is 9.97 Å². The summed E-state index contributed by atoms with van der Waals surface area (Å²) < 4.78 is 0.932. The number of rotatable bonds is 1. The van der Waals surface area contributed by atoms with Gasteiger partial charge in [0.1, 0.15) is 11.3 Å². The highest BCUT2D eigenvalue weighted by molar-refractivity contribution is 9.10. The topological polar surface area (TPSA) is 41.6 Å². The molecule has 2 aromatic heterocycles. The number of aromatic amines is 1. The fraction of sp³-hybridized carbons (Fsp3) is 0. The third-order valence-corrected chi connectivity index (χ3v) is 3.76. The Morgan fingerprint density at radius 2 is 1.80 bits per heavy atom. The standard InChI is InChI=1S/C16H10BrN3/c17-13-8-14-16(18-9-13)20-15(19-14)12-6-5-10-3-1-2-4-11(10)7-12/h1-9H,(H,18,19,20). The van der Waals surface area contributed by atoms with E-state index in [9.17, 15) is 0 Å². The predicted molar refractivity (Wildman–Crippen MR) is 84.5 cm³/mol. The van der Waals surface area contributed by atoms with Crippen molar-refractivity contribution in [2.75, 3.05) is 0 Å². The Labute approximate surface area is 123 Å². The van der Waals surface area contributed by atoms with E-state index in [1.807, 2.05) is 18.2 Å². The molecule has 4 heteroatoms. The molecule has 0 aliphatic rings. The van der Waals surface area contributed by atoms with Crippen LogP contribution < -0.4 is 0 Å². The van der Waals surface area contributed by atoms with Gasteiger partial charge in [-0.1, -0.05) is 36.4 Å². The maximum atomic E-state index is 4.60. The molecular weight excluding hydrogens is 314 g/mol. The Bertz CT molecular complexity index is 927. The SMILES string of the molecule is Brc1cnc2[nH]c(-c3ccc4ccccc4c3)nc2c1. The maximum absolute atomic E-state index is 4.60. The van der Waals surface area contributed by atoms with Crippen molar-refractivity contribution in [3.8, 4) is 11.4 Å². The smallest absolute Gasteiger partial charge is 0.157 e. The molecule has 0 fully saturated rings. The van der Waals surface area contributed by atoms with Crippen molar-refractivity contribution < 1.29 is 0 Å². The highest BCUT2D eigenvalue weighted by atomic mass is 79.9. The van der Waals surface area contributed by atoms with Crippen LogP contribution in [0.5, 0.6) is 0 Å². The van der Waals surface area contributed by atoms with Crippen LogP contribution in [-0.4, -0.2) is 15.0 Å². The summed E-state index contributed by atoms with van der Waals surface area (Å²) in [5, 5.41) is 2.44. The Morgan fingerprint density at radius 1 is 0.950 bits per heavy atom. The van der Waals surface area contributed by atoms with Crippen molar-refractivity contribution in [2.24, 2.45) is 0 Å². The first kappa shape index (κ1) is 11.6. The van der Waals surface area contributed by atoms with E-state index in [1.165, 1.54) is 10.8 Å². The summed E-state index contributed by atoms with van der Waals surface area (Å²) in [4.78, 5) is 12.2. The number of nitrogens with one attached hydrogen (secondary N) is 1. The molecule has 0 spiro atoms. The molecule has 4 aromatic rings. The summed E-state index contributed by atoms with van der Waals surface area (Å²) in [6.45, 7) is 0. The van der Waals surface area contributed by atoms with Gasteiger partial charge in [-0.3, -0.25) is 0 Å². The van der Waals surface area contributed by atoms with Crippen LogP contribution in [0.25, 0.3) is 33.3 Å². The van der Waals surface area contributed by atoms with Gasteiger partial charge in [0.15, 0.2) is 5.65 Å². The first-order valence-corrected chi connectivity index (χ1v) is 7.09. The van der Waals surface area contributed by atoms with Crippen molar-refractivity contribution >= 4 is 37.9 Å². The van der Waals surface area contributed by atoms with E-state index in [1.54, 1.807) is 6.20 Å². The van der Waals surface area contributed by atoms with Crippen LogP contribution in [0, 0.1) is 0 Å². The van der Waals surface area contributed by atoms with Gasteiger partial charge < -0.3 is 4.98 Å². The second-order valence-electron chi connectivity index (χ2n) is 4.67. The number of hydrogen-bond acceptors (Lipinski definition) is 2. The highest BCUT2D eigenvalue weighted by Gasteiger charge is 2.07. The second-order valence-corrected chi connectivity index (χ2v) is 5.58. The molecular formula is C16H10BrN3. The van der Waals surface area contributed by atoms with E-state index >= 15 is 0 Å². The maximum Gasteiger partial charge on any atom is 0.157 e. The molecule has 4 rings (SSSR count). The lowest BCUT2D eigenvalue weighted by Crippen LogP contribution is -1.81. The van der Waals surface area contributed by atoms with Crippen molar-refractivity contribution in [3.05, 3.63) is 59.2 Å². The average Bonchev–Trinajstić information content (AvgIpc) is 2.89. The Kier molecular flexibility index (Phi) is 2.57. The minimum Gasteiger partial charge on any atom is -0.323 e. The van der Waals surface area contributed by atoms with Crippen molar-refractivity contribution in [3.63, 3.8) is 0 Å². The van der Waals surface area contributed by atoms with Crippen LogP contribution in [0.2, 0.25) is 0 Å². The summed E-state index contributed by atoms with van der Waals surface area (Å²) in [6.07, 6.45) is 1.77. The number of nitrogens with zero attached hydrogens (tertiary/aromatic N) is 2. The molecule has 0 saturated heterocycles. The summed E-state index contributed by atoms with van der Waals surface area (Å²) in [6, 6.07) is 16.6. The number of fused-ring (bicyclic) bond motifs is 2. The van der Waals surface area contributed by atoms with E-state index < -0.39 is 0 Å². The number of hydrogen-bond donors (Lipinski definition) is 1. The number of aromatic nitrogens is 3. The lowest BCUT2D eigenvalue weighted by Gasteiger charge is -2.00. The minimum atomic E-state index is 0.802. The highest BCUT2D eigenvalue weighted by Crippen LogP contribution is 2.24. The summed E-state index contributed by atoms with van der Waals surface area (Å²) in [7, 11) is 0. The van der Waals surface area contributed by atoms with Crippen LogP contribution in [0.15, 0.2) is 59.2 Å². The number of pyridine rings is 1. The van der Waals surface area contributed by atoms with E-state index in [-0.39, 0.29) is 0 Å². The van der Waals surface area contributed by atoms with Gasteiger partial charge in [0.2, 0.25) is 0 Å². The molecule has 0 unspecified atom stereocenters. The zero-order valence-electron chi connectivity index (χ0n) is 10.5. The molecule has 0 saturated carbocycles. The third kappa shape index (κ3) is 1.89. The molecule has 0 amide bonds. The van der Waals surface area contributed by atoms with Gasteiger partial charge in [-0.2, -0.15) is 0 Å². The fourth-order valence-corrected chi connectivity index (χ4v) is 2.66. The first-order chi connectivity index (χ1) is 9.79. The summed E-state index contributed by atoms with van der Waals surface area (Å²) in [5.74, 6) is 0.844. The quantitative estimate of drug-likeness (QED) is 0.558. The molecule has 0 bridgehead atoms. The van der Waals surface area contributed by atoms with Crippen LogP contribution in [0.4, 0.5) is 0 Å². The van der Waals surface area contributed by atoms with Gasteiger partial charge in [-0.15, -0.1) is 0 Å². The summed E-state index contributed by atoms with van der Waals surface area (Å²) in [5.41, 5.74) is 2.73. The van der Waals surface area contributed by atoms with E-state index in [0.717, 1.165) is 27.0 Å². The number of H-pyrrole nitrogens is 1. The van der Waals surface area contributed by atoms with Gasteiger partial charge in [0, 0.05) is 16.2 Å². The molecule has 0 aliphatic heterocycles. The van der Waals surface area contributed by atoms with E-state index in [2.05, 4.69) is 61.2 Å². The molecule has 96 valence electrons. The minimum absolute atomic E-state index is 0.802. The molecule has 2 aromatic carbocycles. The zero-order valence-corrected chi connectivity index (χ0v) is 12.1. The van der Waals surface area contributed by atoms with E-state index in [4.69, 9.17) is 0 Å². The zero-order chi connectivity index (χ0) is 13.5. The number of imidazole rings is 1. The molecule has 1 N–H and O–H groups in total. The normalized spacial score (nSPS) is 11.2. The Balaban J connectivity index is 1.91. The number of halogens is 1. The monoisotopic (exact) mass is 323 g/mol. The molecule has 2 heterocycles. The van der Waals surface area contributed by atoms with Gasteiger partial charge in [-0.05, 0) is 38.8 Å². The van der Waals surface area contributed by atoms with Gasteiger partial charge in [0.05, 0.1) is 0 Å². The summed E-state index contributed by atoms with van der Waals surface area (Å²) >= 11 is 3.41. The van der Waals surface area contributed by atoms with Crippen molar-refractivity contribution in [2.45, 2.75) is 0 Å². The molecule has 0 aliphatic carbocycles. The second kappa shape index (κ2) is 4.42. The largest absolute Gasteiger partial charge is 0.323 e. The van der Waals surface area contributed by atoms with Crippen LogP contribution in [-0.2, 0) is 0 Å². The van der Waals surface area contributed by atoms with E-state index in [0.29, 0.717) is 0 Å². The van der Waals surface area contributed by atoms with Crippen LogP contribution in [0.1, 0.15) is 0 Å². The van der Waals surface area contributed by atoms with Gasteiger partial charge in [0.25, 0.3) is 0 Å². The Hall–Kier alpha value is -2.20. The predicted octanol–water partition coefficient (Wildman–Crippen LogP) is 4.54. The molecule has 3 nitrogen and oxygen atoms in total. The van der Waals surface area contributed by atoms with Gasteiger partial charge >= 0.3 is 0 Å².